The fourth-order valence-corrected chi connectivity index (χ4v) is 3.39. The molecule has 22 heavy (non-hydrogen) atoms. The molecule has 0 N–H and O–H groups in total. The average Bonchev–Trinajstić information content (AvgIpc) is 2.53. The maximum atomic E-state index is 12.5. The molecule has 0 amide bonds. The van der Waals surface area contributed by atoms with Crippen molar-refractivity contribution in [2.75, 3.05) is 20.7 Å². The Morgan fingerprint density at radius 1 is 1.09 bits per heavy atom. The molecule has 0 heterocycles. The van der Waals surface area contributed by atoms with E-state index in [4.69, 9.17) is 16.3 Å². The van der Waals surface area contributed by atoms with Gasteiger partial charge < -0.3 is 4.74 Å². The normalized spacial score (nSPS) is 11.6. The van der Waals surface area contributed by atoms with Gasteiger partial charge in [0.15, 0.2) is 0 Å². The third kappa shape index (κ3) is 3.80. The molecule has 0 bridgehead atoms. The van der Waals surface area contributed by atoms with Crippen molar-refractivity contribution in [1.82, 2.24) is 4.31 Å². The van der Waals surface area contributed by atoms with Crippen LogP contribution in [0.5, 0.6) is 5.75 Å². The summed E-state index contributed by atoms with van der Waals surface area (Å²) in [5.74, 6) is 0.764. The van der Waals surface area contributed by atoms with E-state index in [1.54, 1.807) is 26.3 Å². The summed E-state index contributed by atoms with van der Waals surface area (Å²) in [4.78, 5) is 0.236. The highest BCUT2D eigenvalue weighted by Crippen LogP contribution is 2.20. The SMILES string of the molecule is COc1ccccc1CCN(C)S(=O)(=O)c1ccc(Cl)cc1. The monoisotopic (exact) mass is 339 g/mol. The van der Waals surface area contributed by atoms with Gasteiger partial charge in [0.25, 0.3) is 0 Å². The van der Waals surface area contributed by atoms with Crippen LogP contribution >= 0.6 is 11.6 Å². The molecule has 0 spiro atoms. The van der Waals surface area contributed by atoms with Crippen molar-refractivity contribution in [1.29, 1.82) is 0 Å². The summed E-state index contributed by atoms with van der Waals surface area (Å²) < 4.78 is 31.6. The molecule has 0 aliphatic rings. The zero-order valence-corrected chi connectivity index (χ0v) is 14.1. The molecule has 0 aromatic heterocycles. The topological polar surface area (TPSA) is 46.6 Å². The number of sulfonamides is 1. The zero-order valence-electron chi connectivity index (χ0n) is 12.5. The lowest BCUT2D eigenvalue weighted by Crippen LogP contribution is -2.29. The first-order valence-corrected chi connectivity index (χ1v) is 8.61. The van der Waals surface area contributed by atoms with E-state index in [0.29, 0.717) is 18.0 Å². The highest BCUT2D eigenvalue weighted by Gasteiger charge is 2.20. The van der Waals surface area contributed by atoms with Crippen LogP contribution in [-0.4, -0.2) is 33.4 Å². The van der Waals surface area contributed by atoms with E-state index in [1.807, 2.05) is 24.3 Å². The molecular formula is C16H18ClNO3S. The highest BCUT2D eigenvalue weighted by atomic mass is 35.5. The van der Waals surface area contributed by atoms with Crippen LogP contribution < -0.4 is 4.74 Å². The van der Waals surface area contributed by atoms with E-state index in [9.17, 15) is 8.42 Å². The second-order valence-corrected chi connectivity index (χ2v) is 7.32. The van der Waals surface area contributed by atoms with Gasteiger partial charge in [-0.2, -0.15) is 0 Å². The van der Waals surface area contributed by atoms with Crippen molar-refractivity contribution in [3.8, 4) is 5.75 Å². The molecule has 0 aliphatic heterocycles. The van der Waals surface area contributed by atoms with E-state index in [1.165, 1.54) is 16.4 Å². The number of ether oxygens (including phenoxy) is 1. The van der Waals surface area contributed by atoms with Crippen LogP contribution in [0.2, 0.25) is 5.02 Å². The van der Waals surface area contributed by atoms with Crippen LogP contribution in [-0.2, 0) is 16.4 Å². The molecule has 4 nitrogen and oxygen atoms in total. The summed E-state index contributed by atoms with van der Waals surface area (Å²) in [6, 6.07) is 13.8. The Kier molecular flexibility index (Phi) is 5.45. The van der Waals surface area contributed by atoms with Crippen molar-refractivity contribution in [3.63, 3.8) is 0 Å². The van der Waals surface area contributed by atoms with E-state index in [0.717, 1.165) is 11.3 Å². The number of halogens is 1. The molecule has 2 aromatic carbocycles. The molecule has 2 rings (SSSR count). The summed E-state index contributed by atoms with van der Waals surface area (Å²) in [5.41, 5.74) is 0.975. The summed E-state index contributed by atoms with van der Waals surface area (Å²) in [6.45, 7) is 0.366. The minimum atomic E-state index is -3.51. The van der Waals surface area contributed by atoms with Gasteiger partial charge in [0.05, 0.1) is 12.0 Å². The number of hydrogen-bond acceptors (Lipinski definition) is 3. The van der Waals surface area contributed by atoms with E-state index in [2.05, 4.69) is 0 Å². The molecule has 0 radical (unpaired) electrons. The fraction of sp³-hybridized carbons (Fsp3) is 0.250. The van der Waals surface area contributed by atoms with Crippen LogP contribution in [0, 0.1) is 0 Å². The molecule has 2 aromatic rings. The lowest BCUT2D eigenvalue weighted by Gasteiger charge is -2.18. The molecule has 0 saturated heterocycles. The summed E-state index contributed by atoms with van der Waals surface area (Å²) in [5, 5.41) is 0.510. The molecule has 0 aliphatic carbocycles. The highest BCUT2D eigenvalue weighted by molar-refractivity contribution is 7.89. The molecule has 0 atom stereocenters. The van der Waals surface area contributed by atoms with E-state index in [-0.39, 0.29) is 4.90 Å². The summed E-state index contributed by atoms with van der Waals surface area (Å²) in [6.07, 6.45) is 0.577. The van der Waals surface area contributed by atoms with Crippen LogP contribution in [0.1, 0.15) is 5.56 Å². The minimum absolute atomic E-state index is 0.236. The lowest BCUT2D eigenvalue weighted by molar-refractivity contribution is 0.406. The Hall–Kier alpha value is -1.56. The van der Waals surface area contributed by atoms with Crippen LogP contribution in [0.25, 0.3) is 0 Å². The van der Waals surface area contributed by atoms with Gasteiger partial charge in [-0.25, -0.2) is 12.7 Å². The molecular weight excluding hydrogens is 322 g/mol. The minimum Gasteiger partial charge on any atom is -0.496 e. The first kappa shape index (κ1) is 16.8. The summed E-state index contributed by atoms with van der Waals surface area (Å²) in [7, 11) is -0.339. The van der Waals surface area contributed by atoms with Crippen molar-refractivity contribution >= 4 is 21.6 Å². The Morgan fingerprint density at radius 3 is 2.36 bits per heavy atom. The second-order valence-electron chi connectivity index (χ2n) is 4.84. The van der Waals surface area contributed by atoms with Crippen molar-refractivity contribution in [3.05, 3.63) is 59.1 Å². The van der Waals surface area contributed by atoms with Crippen LogP contribution in [0.3, 0.4) is 0 Å². The van der Waals surface area contributed by atoms with Crippen molar-refractivity contribution < 1.29 is 13.2 Å². The molecule has 118 valence electrons. The van der Waals surface area contributed by atoms with Crippen LogP contribution in [0.15, 0.2) is 53.4 Å². The zero-order chi connectivity index (χ0) is 16.2. The van der Waals surface area contributed by atoms with Gasteiger partial charge in [0.2, 0.25) is 10.0 Å². The third-order valence-electron chi connectivity index (χ3n) is 3.41. The van der Waals surface area contributed by atoms with Gasteiger partial charge in [-0.15, -0.1) is 0 Å². The van der Waals surface area contributed by atoms with Gasteiger partial charge in [-0.1, -0.05) is 29.8 Å². The molecule has 0 saturated carbocycles. The maximum absolute atomic E-state index is 12.5. The predicted molar refractivity (Wildman–Crippen MR) is 88.0 cm³/mol. The van der Waals surface area contributed by atoms with Gasteiger partial charge in [0.1, 0.15) is 5.75 Å². The van der Waals surface area contributed by atoms with Gasteiger partial charge in [-0.05, 0) is 42.3 Å². The first-order valence-electron chi connectivity index (χ1n) is 6.79. The van der Waals surface area contributed by atoms with Crippen LogP contribution in [0.4, 0.5) is 0 Å². The number of para-hydroxylation sites is 1. The largest absolute Gasteiger partial charge is 0.496 e. The van der Waals surface area contributed by atoms with Crippen molar-refractivity contribution in [2.45, 2.75) is 11.3 Å². The average molecular weight is 340 g/mol. The van der Waals surface area contributed by atoms with Gasteiger partial charge in [-0.3, -0.25) is 0 Å². The second kappa shape index (κ2) is 7.13. The Bertz CT molecular complexity index is 729. The number of hydrogen-bond donors (Lipinski definition) is 0. The number of methoxy groups -OCH3 is 1. The smallest absolute Gasteiger partial charge is 0.242 e. The number of benzene rings is 2. The van der Waals surface area contributed by atoms with E-state index >= 15 is 0 Å². The number of nitrogens with zero attached hydrogens (tertiary/aromatic N) is 1. The lowest BCUT2D eigenvalue weighted by atomic mass is 10.1. The first-order chi connectivity index (χ1) is 10.4. The standard InChI is InChI=1S/C16H18ClNO3S/c1-18(12-11-13-5-3-4-6-16(13)21-2)22(19,20)15-9-7-14(17)8-10-15/h3-10H,11-12H2,1-2H3. The molecule has 0 fully saturated rings. The maximum Gasteiger partial charge on any atom is 0.242 e. The van der Waals surface area contributed by atoms with E-state index < -0.39 is 10.0 Å². The van der Waals surface area contributed by atoms with Gasteiger partial charge in [0, 0.05) is 18.6 Å². The molecule has 6 heteroatoms. The van der Waals surface area contributed by atoms with Gasteiger partial charge >= 0.3 is 0 Å². The molecule has 0 unspecified atom stereocenters. The fourth-order valence-electron chi connectivity index (χ4n) is 2.09. The predicted octanol–water partition coefficient (Wildman–Crippen LogP) is 3.21. The quantitative estimate of drug-likeness (QED) is 0.811. The Labute approximate surface area is 136 Å². The number of rotatable bonds is 6. The third-order valence-corrected chi connectivity index (χ3v) is 5.53. The Balaban J connectivity index is 2.11. The summed E-state index contributed by atoms with van der Waals surface area (Å²) >= 11 is 5.79. The number of likely N-dealkylation sites (N-methyl/N-ethyl adjacent to an activating group) is 1. The van der Waals surface area contributed by atoms with Crippen molar-refractivity contribution in [2.24, 2.45) is 0 Å². The Morgan fingerprint density at radius 2 is 1.73 bits per heavy atom.